The molecule has 1 aliphatic carbocycles. The molecule has 1 aromatic rings. The van der Waals surface area contributed by atoms with E-state index < -0.39 is 11.7 Å². The lowest BCUT2D eigenvalue weighted by Gasteiger charge is -2.29. The van der Waals surface area contributed by atoms with E-state index in [1.54, 1.807) is 0 Å². The van der Waals surface area contributed by atoms with Gasteiger partial charge < -0.3 is 10.4 Å². The number of β-amino-alcohol motifs (C(OH)–C–C–N with tert-alkyl or cyclic N) is 1. The molecule has 0 aromatic heterocycles. The molecule has 1 amide bonds. The molecule has 4 nitrogen and oxygen atoms in total. The first kappa shape index (κ1) is 15.7. The van der Waals surface area contributed by atoms with Crippen LogP contribution in [0.5, 0.6) is 0 Å². The Bertz CT molecular complexity index is 569. The number of hydrogen-bond acceptors (Lipinski definition) is 3. The smallest absolute Gasteiger partial charge is 0.254 e. The van der Waals surface area contributed by atoms with E-state index in [0.29, 0.717) is 11.6 Å². The monoisotopic (exact) mass is 326 g/mol. The van der Waals surface area contributed by atoms with Crippen LogP contribution < -0.4 is 5.32 Å². The summed E-state index contributed by atoms with van der Waals surface area (Å²) in [6.45, 7) is 1.51. The van der Waals surface area contributed by atoms with Crippen LogP contribution in [0, 0.1) is 5.82 Å². The Kier molecular flexibility index (Phi) is 4.66. The van der Waals surface area contributed by atoms with E-state index >= 15 is 0 Å². The van der Waals surface area contributed by atoms with E-state index in [2.05, 4.69) is 10.2 Å². The number of benzene rings is 1. The van der Waals surface area contributed by atoms with Gasteiger partial charge in [0.2, 0.25) is 0 Å². The summed E-state index contributed by atoms with van der Waals surface area (Å²) in [6.07, 6.45) is 3.41. The molecule has 0 radical (unpaired) electrons. The van der Waals surface area contributed by atoms with Crippen molar-refractivity contribution in [1.82, 2.24) is 10.2 Å². The van der Waals surface area contributed by atoms with Crippen LogP contribution in [0.3, 0.4) is 0 Å². The molecule has 22 heavy (non-hydrogen) atoms. The Labute approximate surface area is 134 Å². The largest absolute Gasteiger partial charge is 0.392 e. The lowest BCUT2D eigenvalue weighted by Crippen LogP contribution is -2.48. The van der Waals surface area contributed by atoms with Gasteiger partial charge in [-0.2, -0.15) is 0 Å². The van der Waals surface area contributed by atoms with Crippen molar-refractivity contribution >= 4 is 17.5 Å². The maximum absolute atomic E-state index is 13.8. The fourth-order valence-corrected chi connectivity index (χ4v) is 3.70. The highest BCUT2D eigenvalue weighted by molar-refractivity contribution is 6.31. The van der Waals surface area contributed by atoms with E-state index in [4.69, 9.17) is 11.6 Å². The van der Waals surface area contributed by atoms with Gasteiger partial charge in [-0.1, -0.05) is 11.6 Å². The summed E-state index contributed by atoms with van der Waals surface area (Å²) in [5, 5.41) is 13.0. The Balaban J connectivity index is 1.69. The van der Waals surface area contributed by atoms with Crippen molar-refractivity contribution in [3.63, 3.8) is 0 Å². The summed E-state index contributed by atoms with van der Waals surface area (Å²) in [5.74, 6) is -0.982. The Morgan fingerprint density at radius 2 is 2.18 bits per heavy atom. The molecule has 3 atom stereocenters. The Hall–Kier alpha value is -1.17. The molecule has 1 aliphatic heterocycles. The number of nitrogens with zero attached hydrogens (tertiary/aromatic N) is 1. The zero-order valence-electron chi connectivity index (χ0n) is 12.3. The molecule has 2 aliphatic rings. The maximum Gasteiger partial charge on any atom is 0.254 e. The van der Waals surface area contributed by atoms with Gasteiger partial charge in [0.15, 0.2) is 0 Å². The minimum absolute atomic E-state index is 0.00354. The number of aliphatic hydroxyl groups is 1. The van der Waals surface area contributed by atoms with E-state index in [1.165, 1.54) is 18.2 Å². The van der Waals surface area contributed by atoms with Gasteiger partial charge in [-0.3, -0.25) is 9.69 Å². The van der Waals surface area contributed by atoms with Gasteiger partial charge in [0, 0.05) is 30.2 Å². The van der Waals surface area contributed by atoms with Gasteiger partial charge in [0.1, 0.15) is 5.82 Å². The minimum Gasteiger partial charge on any atom is -0.392 e. The molecule has 1 heterocycles. The molecule has 120 valence electrons. The van der Waals surface area contributed by atoms with Crippen LogP contribution in [0.4, 0.5) is 4.39 Å². The summed E-state index contributed by atoms with van der Waals surface area (Å²) in [7, 11) is 0. The van der Waals surface area contributed by atoms with E-state index in [1.807, 2.05) is 0 Å². The number of hydrogen-bond donors (Lipinski definition) is 2. The maximum atomic E-state index is 13.8. The lowest BCUT2D eigenvalue weighted by atomic mass is 10.1. The fourth-order valence-electron chi connectivity index (χ4n) is 3.53. The van der Waals surface area contributed by atoms with Crippen LogP contribution >= 0.6 is 11.6 Å². The summed E-state index contributed by atoms with van der Waals surface area (Å²) in [5.41, 5.74) is -0.0143. The van der Waals surface area contributed by atoms with Crippen molar-refractivity contribution in [2.24, 2.45) is 0 Å². The van der Waals surface area contributed by atoms with Crippen LogP contribution in [0.2, 0.25) is 5.02 Å². The number of halogens is 2. The first-order valence-corrected chi connectivity index (χ1v) is 8.10. The molecular weight excluding hydrogens is 307 g/mol. The van der Waals surface area contributed by atoms with Crippen molar-refractivity contribution in [3.8, 4) is 0 Å². The second-order valence-corrected chi connectivity index (χ2v) is 6.58. The number of amides is 1. The number of likely N-dealkylation sites (tertiary alicyclic amines) is 1. The second-order valence-electron chi connectivity index (χ2n) is 6.14. The van der Waals surface area contributed by atoms with Crippen LogP contribution in [-0.4, -0.2) is 47.2 Å². The fraction of sp³-hybridized carbons (Fsp3) is 0.562. The topological polar surface area (TPSA) is 52.6 Å². The third-order valence-electron chi connectivity index (χ3n) is 4.63. The van der Waals surface area contributed by atoms with Gasteiger partial charge >= 0.3 is 0 Å². The predicted octanol–water partition coefficient (Wildman–Crippen LogP) is 2.20. The van der Waals surface area contributed by atoms with E-state index in [0.717, 1.165) is 32.2 Å². The van der Waals surface area contributed by atoms with Crippen molar-refractivity contribution in [2.45, 2.75) is 43.9 Å². The molecule has 1 saturated carbocycles. The molecule has 6 heteroatoms. The molecule has 2 N–H and O–H groups in total. The predicted molar refractivity (Wildman–Crippen MR) is 82.5 cm³/mol. The first-order chi connectivity index (χ1) is 10.5. The number of aliphatic hydroxyl groups excluding tert-OH is 1. The quantitative estimate of drug-likeness (QED) is 0.895. The number of carbonyl (C=O) groups excluding carboxylic acids is 1. The zero-order chi connectivity index (χ0) is 15.7. The Morgan fingerprint density at radius 3 is 2.91 bits per heavy atom. The van der Waals surface area contributed by atoms with Gasteiger partial charge in [0.05, 0.1) is 11.7 Å². The highest BCUT2D eigenvalue weighted by Crippen LogP contribution is 2.28. The standard InChI is InChI=1S/C16H20ClFN2O2/c17-10-4-5-13(18)12(8-10)16(22)19-14-2-1-3-15(14)20-7-6-11(21)9-20/h4-5,8,11,14-15,21H,1-3,6-7,9H2,(H,19,22)/t11?,14-,15+/m1/s1. The Morgan fingerprint density at radius 1 is 1.36 bits per heavy atom. The average Bonchev–Trinajstić information content (AvgIpc) is 3.10. The van der Waals surface area contributed by atoms with Gasteiger partial charge in [-0.25, -0.2) is 4.39 Å². The normalized spacial score (nSPS) is 29.0. The molecule has 0 bridgehead atoms. The molecule has 2 fully saturated rings. The number of carbonyl (C=O) groups is 1. The van der Waals surface area contributed by atoms with Gasteiger partial charge in [0.25, 0.3) is 5.91 Å². The minimum atomic E-state index is -0.562. The van der Waals surface area contributed by atoms with Crippen molar-refractivity contribution in [1.29, 1.82) is 0 Å². The van der Waals surface area contributed by atoms with Crippen molar-refractivity contribution < 1.29 is 14.3 Å². The molecular formula is C16H20ClFN2O2. The highest BCUT2D eigenvalue weighted by atomic mass is 35.5. The van der Waals surface area contributed by atoms with Crippen LogP contribution in [0.1, 0.15) is 36.0 Å². The van der Waals surface area contributed by atoms with Crippen molar-refractivity contribution in [3.05, 3.63) is 34.6 Å². The zero-order valence-corrected chi connectivity index (χ0v) is 13.0. The summed E-state index contributed by atoms with van der Waals surface area (Å²) in [4.78, 5) is 14.6. The molecule has 1 unspecified atom stereocenters. The first-order valence-electron chi connectivity index (χ1n) is 7.72. The third kappa shape index (κ3) is 3.26. The summed E-state index contributed by atoms with van der Waals surface area (Å²) < 4.78 is 13.8. The lowest BCUT2D eigenvalue weighted by molar-refractivity contribution is 0.0902. The second kappa shape index (κ2) is 6.52. The molecule has 0 spiro atoms. The molecule has 3 rings (SSSR count). The van der Waals surface area contributed by atoms with Gasteiger partial charge in [-0.15, -0.1) is 0 Å². The molecule has 1 aromatic carbocycles. The SMILES string of the molecule is O=C(N[C@@H]1CCC[C@@H]1N1CCC(O)C1)c1cc(Cl)ccc1F. The van der Waals surface area contributed by atoms with Crippen LogP contribution in [-0.2, 0) is 0 Å². The highest BCUT2D eigenvalue weighted by Gasteiger charge is 2.36. The average molecular weight is 327 g/mol. The van der Waals surface area contributed by atoms with Gasteiger partial charge in [-0.05, 0) is 43.9 Å². The summed E-state index contributed by atoms with van der Waals surface area (Å²) in [6, 6.07) is 4.22. The summed E-state index contributed by atoms with van der Waals surface area (Å²) >= 11 is 5.84. The number of rotatable bonds is 3. The van der Waals surface area contributed by atoms with E-state index in [-0.39, 0.29) is 23.8 Å². The van der Waals surface area contributed by atoms with E-state index in [9.17, 15) is 14.3 Å². The van der Waals surface area contributed by atoms with Crippen LogP contribution in [0.15, 0.2) is 18.2 Å². The number of nitrogens with one attached hydrogen (secondary N) is 1. The third-order valence-corrected chi connectivity index (χ3v) is 4.87. The molecule has 1 saturated heterocycles. The van der Waals surface area contributed by atoms with Crippen molar-refractivity contribution in [2.75, 3.05) is 13.1 Å². The van der Waals surface area contributed by atoms with Crippen LogP contribution in [0.25, 0.3) is 0 Å².